The Kier molecular flexibility index (Phi) is 1.44. The molecule has 0 nitrogen and oxygen atoms in total. The van der Waals surface area contributed by atoms with Gasteiger partial charge in [0, 0.05) is 4.75 Å². The van der Waals surface area contributed by atoms with Crippen LogP contribution in [-0.2, 0) is 0 Å². The van der Waals surface area contributed by atoms with Crippen molar-refractivity contribution in [3.8, 4) is 0 Å². The van der Waals surface area contributed by atoms with Crippen molar-refractivity contribution in [1.29, 1.82) is 0 Å². The van der Waals surface area contributed by atoms with Crippen LogP contribution in [0.2, 0.25) is 0 Å². The maximum Gasteiger partial charge on any atom is 0.0135 e. The lowest BCUT2D eigenvalue weighted by Gasteiger charge is -2.63. The summed E-state index contributed by atoms with van der Waals surface area (Å²) < 4.78 is 0.332. The van der Waals surface area contributed by atoms with Gasteiger partial charge in [0.15, 0.2) is 0 Å². The molecule has 0 aromatic rings. The van der Waals surface area contributed by atoms with Crippen LogP contribution in [0.3, 0.4) is 0 Å². The van der Waals surface area contributed by atoms with E-state index < -0.39 is 0 Å². The van der Waals surface area contributed by atoms with Gasteiger partial charge in [-0.2, -0.15) is 12.6 Å². The van der Waals surface area contributed by atoms with Gasteiger partial charge in [0.25, 0.3) is 0 Å². The zero-order valence-corrected chi connectivity index (χ0v) is 8.62. The zero-order valence-electron chi connectivity index (χ0n) is 7.72. The van der Waals surface area contributed by atoms with Crippen molar-refractivity contribution in [2.45, 2.75) is 44.8 Å². The van der Waals surface area contributed by atoms with Gasteiger partial charge in [-0.25, -0.2) is 0 Å². The monoisotopic (exact) mass is 170 g/mol. The summed E-state index contributed by atoms with van der Waals surface area (Å²) in [5.41, 5.74) is 0.592. The SMILES string of the molecule is CC1(C)[C@H]2CC[C@](C)(S)[C@@H]1C2. The Labute approximate surface area is 75.2 Å². The standard InChI is InChI=1S/C10H18S/c1-9(2)7-4-5-10(3,11)8(9)6-7/h7-8,11H,4-6H2,1-3H3/t7-,8+,10-/m0/s1. The Bertz CT molecular complexity index is 171. The summed E-state index contributed by atoms with van der Waals surface area (Å²) in [5, 5.41) is 0. The van der Waals surface area contributed by atoms with Crippen LogP contribution in [-0.4, -0.2) is 4.75 Å². The second kappa shape index (κ2) is 1.99. The molecule has 0 aliphatic heterocycles. The van der Waals surface area contributed by atoms with E-state index in [2.05, 4.69) is 20.8 Å². The molecule has 0 heterocycles. The zero-order chi connectivity index (χ0) is 8.28. The Morgan fingerprint density at radius 1 is 1.27 bits per heavy atom. The molecule has 3 saturated carbocycles. The Morgan fingerprint density at radius 3 is 2.18 bits per heavy atom. The van der Waals surface area contributed by atoms with Crippen molar-refractivity contribution in [3.05, 3.63) is 0 Å². The van der Waals surface area contributed by atoms with Gasteiger partial charge in [-0.15, -0.1) is 0 Å². The van der Waals surface area contributed by atoms with Gasteiger partial charge in [-0.3, -0.25) is 0 Å². The molecule has 3 aliphatic rings. The molecule has 0 aromatic heterocycles. The third-order valence-corrected chi connectivity index (χ3v) is 4.76. The highest BCUT2D eigenvalue weighted by Gasteiger charge is 2.57. The van der Waals surface area contributed by atoms with Crippen molar-refractivity contribution in [3.63, 3.8) is 0 Å². The molecule has 0 aromatic carbocycles. The average Bonchev–Trinajstić information content (AvgIpc) is 1.84. The molecule has 0 amide bonds. The minimum absolute atomic E-state index is 0.332. The smallest absolute Gasteiger partial charge is 0.0135 e. The molecule has 0 saturated heterocycles. The van der Waals surface area contributed by atoms with E-state index in [1.807, 2.05) is 0 Å². The van der Waals surface area contributed by atoms with Crippen LogP contribution >= 0.6 is 12.6 Å². The molecular weight excluding hydrogens is 152 g/mol. The van der Waals surface area contributed by atoms with Crippen molar-refractivity contribution < 1.29 is 0 Å². The third-order valence-electron chi connectivity index (χ3n) is 4.22. The van der Waals surface area contributed by atoms with E-state index >= 15 is 0 Å². The quantitative estimate of drug-likeness (QED) is 0.531. The van der Waals surface area contributed by atoms with Gasteiger partial charge in [-0.05, 0) is 36.5 Å². The molecule has 0 spiro atoms. The molecule has 0 radical (unpaired) electrons. The summed E-state index contributed by atoms with van der Waals surface area (Å²) in [6.45, 7) is 7.15. The molecule has 11 heavy (non-hydrogen) atoms. The van der Waals surface area contributed by atoms with Crippen molar-refractivity contribution in [2.75, 3.05) is 0 Å². The fraction of sp³-hybridized carbons (Fsp3) is 1.00. The number of thiol groups is 1. The molecule has 1 heteroatoms. The fourth-order valence-corrected chi connectivity index (χ4v) is 3.77. The van der Waals surface area contributed by atoms with Crippen molar-refractivity contribution in [1.82, 2.24) is 0 Å². The Hall–Kier alpha value is 0.350. The minimum atomic E-state index is 0.332. The van der Waals surface area contributed by atoms with E-state index in [9.17, 15) is 0 Å². The Balaban J connectivity index is 2.23. The lowest BCUT2D eigenvalue weighted by Crippen LogP contribution is -2.57. The summed E-state index contributed by atoms with van der Waals surface area (Å²) >= 11 is 4.76. The van der Waals surface area contributed by atoms with Gasteiger partial charge < -0.3 is 0 Å². The maximum atomic E-state index is 4.76. The molecule has 3 rings (SSSR count). The lowest BCUT2D eigenvalue weighted by molar-refractivity contribution is -0.0845. The number of hydrogen-bond donors (Lipinski definition) is 1. The van der Waals surface area contributed by atoms with Gasteiger partial charge >= 0.3 is 0 Å². The van der Waals surface area contributed by atoms with Gasteiger partial charge in [0.1, 0.15) is 0 Å². The molecule has 0 N–H and O–H groups in total. The summed E-state index contributed by atoms with van der Waals surface area (Å²) in [6.07, 6.45) is 4.17. The lowest BCUT2D eigenvalue weighted by atomic mass is 9.45. The largest absolute Gasteiger partial charge is 0.172 e. The van der Waals surface area contributed by atoms with Crippen LogP contribution in [0.15, 0.2) is 0 Å². The van der Waals surface area contributed by atoms with Crippen LogP contribution in [0.5, 0.6) is 0 Å². The summed E-state index contributed by atoms with van der Waals surface area (Å²) in [6, 6.07) is 0. The second-order valence-corrected chi connectivity index (χ2v) is 6.22. The molecule has 3 atom stereocenters. The molecule has 2 bridgehead atoms. The highest BCUT2D eigenvalue weighted by atomic mass is 32.1. The van der Waals surface area contributed by atoms with Crippen LogP contribution in [0.25, 0.3) is 0 Å². The normalized spacial score (nSPS) is 53.5. The van der Waals surface area contributed by atoms with Gasteiger partial charge in [0.05, 0.1) is 0 Å². The first-order valence-corrected chi connectivity index (χ1v) is 5.12. The van der Waals surface area contributed by atoms with Crippen LogP contribution in [0.4, 0.5) is 0 Å². The molecule has 64 valence electrons. The first kappa shape index (κ1) is 7.97. The fourth-order valence-electron chi connectivity index (χ4n) is 3.20. The first-order valence-electron chi connectivity index (χ1n) is 4.67. The predicted molar refractivity (Wildman–Crippen MR) is 52.0 cm³/mol. The summed E-state index contributed by atoms with van der Waals surface area (Å²) in [5.74, 6) is 1.88. The molecule has 0 unspecified atom stereocenters. The summed E-state index contributed by atoms with van der Waals surface area (Å²) in [4.78, 5) is 0. The van der Waals surface area contributed by atoms with Crippen LogP contribution in [0, 0.1) is 17.3 Å². The van der Waals surface area contributed by atoms with E-state index in [0.29, 0.717) is 10.2 Å². The highest BCUT2D eigenvalue weighted by Crippen LogP contribution is 2.64. The Morgan fingerprint density at radius 2 is 1.91 bits per heavy atom. The van der Waals surface area contributed by atoms with Crippen LogP contribution in [0.1, 0.15) is 40.0 Å². The van der Waals surface area contributed by atoms with Crippen LogP contribution < -0.4 is 0 Å². The third kappa shape index (κ3) is 0.898. The van der Waals surface area contributed by atoms with Gasteiger partial charge in [-0.1, -0.05) is 20.8 Å². The topological polar surface area (TPSA) is 0 Å². The molecule has 3 aliphatic carbocycles. The number of fused-ring (bicyclic) bond motifs is 2. The second-order valence-electron chi connectivity index (χ2n) is 5.20. The van der Waals surface area contributed by atoms with E-state index in [0.717, 1.165) is 11.8 Å². The molecule has 3 fully saturated rings. The molecular formula is C10H18S. The maximum absolute atomic E-state index is 4.76. The average molecular weight is 170 g/mol. The van der Waals surface area contributed by atoms with E-state index in [-0.39, 0.29) is 0 Å². The van der Waals surface area contributed by atoms with Gasteiger partial charge in [0.2, 0.25) is 0 Å². The highest BCUT2D eigenvalue weighted by molar-refractivity contribution is 7.81. The van der Waals surface area contributed by atoms with Crippen molar-refractivity contribution in [2.24, 2.45) is 17.3 Å². The van der Waals surface area contributed by atoms with E-state index in [1.165, 1.54) is 19.3 Å². The van der Waals surface area contributed by atoms with E-state index in [1.54, 1.807) is 0 Å². The number of hydrogen-bond acceptors (Lipinski definition) is 1. The first-order chi connectivity index (χ1) is 4.94. The van der Waals surface area contributed by atoms with Crippen molar-refractivity contribution >= 4 is 12.6 Å². The minimum Gasteiger partial charge on any atom is -0.172 e. The predicted octanol–water partition coefficient (Wildman–Crippen LogP) is 3.13. The van der Waals surface area contributed by atoms with E-state index in [4.69, 9.17) is 12.6 Å². The number of rotatable bonds is 0. The summed E-state index contributed by atoms with van der Waals surface area (Å²) in [7, 11) is 0.